The molecular formula is C12H22N4O3S. The highest BCUT2D eigenvalue weighted by atomic mass is 32.2. The molecule has 1 atom stereocenters. The van der Waals surface area contributed by atoms with Crippen LogP contribution in [0.3, 0.4) is 0 Å². The van der Waals surface area contributed by atoms with Gasteiger partial charge in [0.1, 0.15) is 5.54 Å². The predicted molar refractivity (Wildman–Crippen MR) is 78.0 cm³/mol. The Balaban J connectivity index is 2.39. The zero-order valence-corrected chi connectivity index (χ0v) is 12.9. The number of hydrogen-bond acceptors (Lipinski definition) is 5. The van der Waals surface area contributed by atoms with E-state index in [-0.39, 0.29) is 11.7 Å². The monoisotopic (exact) mass is 302 g/mol. The minimum Gasteiger partial charge on any atom is -0.480 e. The van der Waals surface area contributed by atoms with Crippen molar-refractivity contribution in [3.8, 4) is 0 Å². The smallest absolute Gasteiger partial charge is 0.344 e. The van der Waals surface area contributed by atoms with Crippen molar-refractivity contribution in [1.82, 2.24) is 14.8 Å². The third kappa shape index (κ3) is 4.38. The summed E-state index contributed by atoms with van der Waals surface area (Å²) in [6.07, 6.45) is 1.98. The molecule has 0 fully saturated rings. The van der Waals surface area contributed by atoms with Gasteiger partial charge in [0, 0.05) is 11.8 Å². The number of nitrogens with one attached hydrogen (secondary N) is 1. The number of thioether (sulfide) groups is 1. The maximum Gasteiger partial charge on any atom is 0.344 e. The number of carbonyl (C=O) groups is 1. The van der Waals surface area contributed by atoms with E-state index < -0.39 is 11.5 Å². The summed E-state index contributed by atoms with van der Waals surface area (Å²) in [5.41, 5.74) is 4.28. The second kappa shape index (κ2) is 6.94. The quantitative estimate of drug-likeness (QED) is 0.491. The Kier molecular flexibility index (Phi) is 5.82. The molecule has 0 aliphatic carbocycles. The number of aromatic nitrogens is 3. The van der Waals surface area contributed by atoms with Crippen LogP contribution >= 0.6 is 11.8 Å². The van der Waals surface area contributed by atoms with Crippen LogP contribution in [0.15, 0.2) is 9.95 Å². The van der Waals surface area contributed by atoms with Crippen LogP contribution in [0.25, 0.3) is 0 Å². The van der Waals surface area contributed by atoms with Crippen LogP contribution in [0.5, 0.6) is 0 Å². The lowest BCUT2D eigenvalue weighted by molar-refractivity contribution is -0.142. The summed E-state index contributed by atoms with van der Waals surface area (Å²) in [5, 5.41) is 16.0. The molecular weight excluding hydrogens is 280 g/mol. The highest BCUT2D eigenvalue weighted by Crippen LogP contribution is 2.19. The lowest BCUT2D eigenvalue weighted by Crippen LogP contribution is -2.44. The van der Waals surface area contributed by atoms with Crippen LogP contribution < -0.4 is 11.4 Å². The van der Waals surface area contributed by atoms with Gasteiger partial charge < -0.3 is 10.8 Å². The summed E-state index contributed by atoms with van der Waals surface area (Å²) in [4.78, 5) is 22.4. The highest BCUT2D eigenvalue weighted by molar-refractivity contribution is 7.99. The fourth-order valence-electron chi connectivity index (χ4n) is 1.71. The fraction of sp³-hybridized carbons (Fsp3) is 0.750. The van der Waals surface area contributed by atoms with Crippen LogP contribution in [0.4, 0.5) is 0 Å². The number of H-pyrrole nitrogens is 1. The maximum absolute atomic E-state index is 11.5. The zero-order chi connectivity index (χ0) is 15.3. The number of rotatable bonds is 8. The Bertz CT molecular complexity index is 507. The van der Waals surface area contributed by atoms with Crippen molar-refractivity contribution < 1.29 is 9.90 Å². The number of unbranched alkanes of at least 4 members (excludes halogenated alkanes) is 1. The molecule has 1 aromatic rings. The van der Waals surface area contributed by atoms with Crippen molar-refractivity contribution >= 4 is 17.7 Å². The molecule has 1 rings (SSSR count). The highest BCUT2D eigenvalue weighted by Gasteiger charge is 2.26. The number of nitrogens with zero attached hydrogens (tertiary/aromatic N) is 2. The van der Waals surface area contributed by atoms with Crippen LogP contribution in [-0.2, 0) is 4.79 Å². The van der Waals surface area contributed by atoms with E-state index >= 15 is 0 Å². The van der Waals surface area contributed by atoms with E-state index in [0.29, 0.717) is 11.6 Å². The molecule has 0 aliphatic heterocycles. The number of nitrogens with two attached hydrogens (primary N) is 1. The predicted octanol–water partition coefficient (Wildman–Crippen LogP) is 1.22. The number of aromatic amines is 1. The molecule has 20 heavy (non-hydrogen) atoms. The van der Waals surface area contributed by atoms with E-state index in [1.54, 1.807) is 4.57 Å². The van der Waals surface area contributed by atoms with Gasteiger partial charge >= 0.3 is 11.7 Å². The molecule has 1 aromatic heterocycles. The molecule has 1 unspecified atom stereocenters. The summed E-state index contributed by atoms with van der Waals surface area (Å²) in [6, 6.07) is 0.0584. The molecule has 0 spiro atoms. The molecule has 7 nitrogen and oxygen atoms in total. The fourth-order valence-corrected chi connectivity index (χ4v) is 2.79. The summed E-state index contributed by atoms with van der Waals surface area (Å²) >= 11 is 1.49. The Hall–Kier alpha value is -1.28. The van der Waals surface area contributed by atoms with Gasteiger partial charge in [-0.05, 0) is 33.6 Å². The largest absolute Gasteiger partial charge is 0.480 e. The normalized spacial score (nSPS) is 14.4. The number of carboxylic acids is 1. The Morgan fingerprint density at radius 2 is 2.20 bits per heavy atom. The van der Waals surface area contributed by atoms with Gasteiger partial charge in [-0.25, -0.2) is 9.89 Å². The summed E-state index contributed by atoms with van der Waals surface area (Å²) < 4.78 is 1.61. The number of carboxylic acid groups (broad SMARTS) is 1. The van der Waals surface area contributed by atoms with Crippen molar-refractivity contribution in [3.05, 3.63) is 10.5 Å². The number of aliphatic carboxylic acids is 1. The van der Waals surface area contributed by atoms with Gasteiger partial charge in [0.2, 0.25) is 0 Å². The van der Waals surface area contributed by atoms with Crippen LogP contribution in [0, 0.1) is 0 Å². The summed E-state index contributed by atoms with van der Waals surface area (Å²) in [6.45, 7) is 5.37. The lowest BCUT2D eigenvalue weighted by atomic mass is 9.97. The molecule has 0 radical (unpaired) electrons. The maximum atomic E-state index is 11.5. The van der Waals surface area contributed by atoms with Gasteiger partial charge in [0.15, 0.2) is 5.16 Å². The van der Waals surface area contributed by atoms with Crippen molar-refractivity contribution in [2.24, 2.45) is 5.73 Å². The van der Waals surface area contributed by atoms with Gasteiger partial charge in [-0.1, -0.05) is 18.2 Å². The van der Waals surface area contributed by atoms with E-state index in [2.05, 4.69) is 10.2 Å². The van der Waals surface area contributed by atoms with E-state index in [0.717, 1.165) is 18.6 Å². The first-order valence-corrected chi connectivity index (χ1v) is 7.56. The lowest BCUT2D eigenvalue weighted by Gasteiger charge is -2.18. The molecule has 0 aromatic carbocycles. The summed E-state index contributed by atoms with van der Waals surface area (Å²) in [7, 11) is 0. The molecule has 8 heteroatoms. The molecule has 0 amide bonds. The third-order valence-electron chi connectivity index (χ3n) is 3.00. The Morgan fingerprint density at radius 3 is 2.75 bits per heavy atom. The number of hydrogen-bond donors (Lipinski definition) is 3. The van der Waals surface area contributed by atoms with E-state index in [1.165, 1.54) is 18.7 Å². The second-order valence-electron chi connectivity index (χ2n) is 5.30. The first-order chi connectivity index (χ1) is 9.25. The van der Waals surface area contributed by atoms with Crippen LogP contribution in [-0.4, -0.2) is 37.1 Å². The van der Waals surface area contributed by atoms with Gasteiger partial charge in [0.25, 0.3) is 0 Å². The minimum atomic E-state index is -1.17. The second-order valence-corrected chi connectivity index (χ2v) is 6.37. The average molecular weight is 302 g/mol. The third-order valence-corrected chi connectivity index (χ3v) is 4.04. The van der Waals surface area contributed by atoms with Crippen molar-refractivity contribution in [3.63, 3.8) is 0 Å². The topological polar surface area (TPSA) is 114 Å². The first-order valence-electron chi connectivity index (χ1n) is 6.57. The summed E-state index contributed by atoms with van der Waals surface area (Å²) in [5.74, 6) is -0.210. The zero-order valence-electron chi connectivity index (χ0n) is 12.0. The molecule has 0 aliphatic rings. The molecule has 0 saturated carbocycles. The standard InChI is InChI=1S/C12H22N4O3S/c1-8(2)16-10(19)14-15-11(16)20-7-5-4-6-12(3,13)9(17)18/h8H,4-7,13H2,1-3H3,(H,14,19)(H,17,18). The van der Waals surface area contributed by atoms with Gasteiger partial charge in [-0.3, -0.25) is 9.36 Å². The van der Waals surface area contributed by atoms with E-state index in [9.17, 15) is 9.59 Å². The van der Waals surface area contributed by atoms with Gasteiger partial charge in [0.05, 0.1) is 0 Å². The molecule has 4 N–H and O–H groups in total. The van der Waals surface area contributed by atoms with Crippen molar-refractivity contribution in [2.75, 3.05) is 5.75 Å². The van der Waals surface area contributed by atoms with Gasteiger partial charge in [-0.2, -0.15) is 0 Å². The van der Waals surface area contributed by atoms with Crippen molar-refractivity contribution in [1.29, 1.82) is 0 Å². The van der Waals surface area contributed by atoms with Crippen molar-refractivity contribution in [2.45, 2.75) is 56.8 Å². The van der Waals surface area contributed by atoms with E-state index in [1.807, 2.05) is 13.8 Å². The first kappa shape index (κ1) is 16.8. The Labute approximate surface area is 121 Å². The Morgan fingerprint density at radius 1 is 1.55 bits per heavy atom. The van der Waals surface area contributed by atoms with Crippen LogP contribution in [0.2, 0.25) is 0 Å². The molecule has 114 valence electrons. The SMILES string of the molecule is CC(C)n1c(SCCCCC(C)(N)C(=O)O)n[nH]c1=O. The average Bonchev–Trinajstić information content (AvgIpc) is 2.69. The van der Waals surface area contributed by atoms with Crippen LogP contribution in [0.1, 0.15) is 46.1 Å². The minimum absolute atomic E-state index is 0.0584. The van der Waals surface area contributed by atoms with E-state index in [4.69, 9.17) is 10.8 Å². The molecule has 0 saturated heterocycles. The van der Waals surface area contributed by atoms with Gasteiger partial charge in [-0.15, -0.1) is 5.10 Å². The molecule has 0 bridgehead atoms. The molecule has 1 heterocycles.